The molecule has 1 amide bonds. The molecule has 3 N–H and O–H groups in total. The van der Waals surface area contributed by atoms with Crippen LogP contribution in [0.3, 0.4) is 0 Å². The quantitative estimate of drug-likeness (QED) is 0.799. The number of hydrogen-bond donors (Lipinski definition) is 2. The van der Waals surface area contributed by atoms with Crippen molar-refractivity contribution < 1.29 is 9.53 Å². The van der Waals surface area contributed by atoms with Gasteiger partial charge in [0.25, 0.3) is 5.91 Å². The number of unbranched alkanes of at least 4 members (excludes halogenated alkanes) is 1. The number of nitrogens with one attached hydrogen (secondary N) is 1. The van der Waals surface area contributed by atoms with Crippen LogP contribution in [-0.2, 0) is 4.79 Å². The second-order valence-corrected chi connectivity index (χ2v) is 4.68. The number of amides is 1. The Morgan fingerprint density at radius 3 is 2.89 bits per heavy atom. The first kappa shape index (κ1) is 13.5. The van der Waals surface area contributed by atoms with Crippen LogP contribution in [0.4, 0.5) is 17.1 Å². The Morgan fingerprint density at radius 1 is 1.42 bits per heavy atom. The largest absolute Gasteiger partial charge is 0.482 e. The van der Waals surface area contributed by atoms with E-state index in [0.29, 0.717) is 17.1 Å². The molecule has 0 aliphatic carbocycles. The number of nitrogens with two attached hydrogens (primary N) is 1. The van der Waals surface area contributed by atoms with Gasteiger partial charge in [0.1, 0.15) is 5.75 Å². The van der Waals surface area contributed by atoms with Crippen LogP contribution in [0.1, 0.15) is 26.7 Å². The second kappa shape index (κ2) is 5.82. The number of anilines is 3. The van der Waals surface area contributed by atoms with Gasteiger partial charge in [0, 0.05) is 19.2 Å². The molecule has 5 nitrogen and oxygen atoms in total. The van der Waals surface area contributed by atoms with Gasteiger partial charge in [-0.15, -0.1) is 0 Å². The maximum atomic E-state index is 11.4. The van der Waals surface area contributed by atoms with Gasteiger partial charge in [0.15, 0.2) is 6.61 Å². The lowest BCUT2D eigenvalue weighted by Crippen LogP contribution is -2.28. The summed E-state index contributed by atoms with van der Waals surface area (Å²) in [6.45, 7) is 6.17. The Balaban J connectivity index is 2.29. The normalized spacial score (nSPS) is 13.5. The van der Waals surface area contributed by atoms with Crippen molar-refractivity contribution in [3.05, 3.63) is 12.1 Å². The van der Waals surface area contributed by atoms with Gasteiger partial charge in [-0.25, -0.2) is 0 Å². The molecule has 19 heavy (non-hydrogen) atoms. The van der Waals surface area contributed by atoms with E-state index in [2.05, 4.69) is 24.1 Å². The van der Waals surface area contributed by atoms with Gasteiger partial charge >= 0.3 is 0 Å². The molecular formula is C14H21N3O2. The Hall–Kier alpha value is -1.91. The van der Waals surface area contributed by atoms with Crippen LogP contribution >= 0.6 is 0 Å². The predicted molar refractivity (Wildman–Crippen MR) is 77.8 cm³/mol. The molecule has 0 atom stereocenters. The topological polar surface area (TPSA) is 67.6 Å². The van der Waals surface area contributed by atoms with E-state index in [0.717, 1.165) is 31.6 Å². The summed E-state index contributed by atoms with van der Waals surface area (Å²) in [7, 11) is 0. The highest BCUT2D eigenvalue weighted by Gasteiger charge is 2.19. The van der Waals surface area contributed by atoms with E-state index >= 15 is 0 Å². The van der Waals surface area contributed by atoms with Gasteiger partial charge < -0.3 is 20.7 Å². The highest BCUT2D eigenvalue weighted by molar-refractivity contribution is 5.97. The number of carbonyl (C=O) groups excluding carboxylic acids is 1. The Labute approximate surface area is 113 Å². The highest BCUT2D eigenvalue weighted by Crippen LogP contribution is 2.37. The molecule has 0 bridgehead atoms. The zero-order valence-electron chi connectivity index (χ0n) is 11.5. The third-order valence-electron chi connectivity index (χ3n) is 3.27. The molecule has 0 radical (unpaired) electrons. The Bertz CT molecular complexity index is 474. The van der Waals surface area contributed by atoms with Gasteiger partial charge in [-0.1, -0.05) is 13.3 Å². The van der Waals surface area contributed by atoms with Crippen LogP contribution in [0.5, 0.6) is 5.75 Å². The van der Waals surface area contributed by atoms with Gasteiger partial charge in [-0.3, -0.25) is 4.79 Å². The van der Waals surface area contributed by atoms with Gasteiger partial charge in [0.05, 0.1) is 17.1 Å². The SMILES string of the molecule is CCCCN(CC)c1cc2c(cc1N)OCC(=O)N2. The maximum absolute atomic E-state index is 11.4. The van der Waals surface area contributed by atoms with Crippen LogP contribution in [-0.4, -0.2) is 25.6 Å². The molecule has 0 saturated carbocycles. The third kappa shape index (κ3) is 2.92. The maximum Gasteiger partial charge on any atom is 0.262 e. The molecule has 1 aliphatic heterocycles. The van der Waals surface area contributed by atoms with Crippen LogP contribution in [0, 0.1) is 0 Å². The van der Waals surface area contributed by atoms with E-state index in [-0.39, 0.29) is 12.5 Å². The van der Waals surface area contributed by atoms with Crippen molar-refractivity contribution in [2.45, 2.75) is 26.7 Å². The van der Waals surface area contributed by atoms with Gasteiger partial charge in [0.2, 0.25) is 0 Å². The molecule has 1 aromatic carbocycles. The minimum Gasteiger partial charge on any atom is -0.482 e. The van der Waals surface area contributed by atoms with E-state index in [9.17, 15) is 4.79 Å². The zero-order valence-corrected chi connectivity index (χ0v) is 11.5. The van der Waals surface area contributed by atoms with E-state index in [4.69, 9.17) is 10.5 Å². The summed E-state index contributed by atoms with van der Waals surface area (Å²) >= 11 is 0. The lowest BCUT2D eigenvalue weighted by Gasteiger charge is -2.27. The molecule has 0 saturated heterocycles. The summed E-state index contributed by atoms with van der Waals surface area (Å²) < 4.78 is 5.36. The van der Waals surface area contributed by atoms with Crippen molar-refractivity contribution in [3.8, 4) is 5.75 Å². The minimum absolute atomic E-state index is 0.0547. The summed E-state index contributed by atoms with van der Waals surface area (Å²) in [5.41, 5.74) is 8.44. The van der Waals surface area contributed by atoms with Crippen LogP contribution < -0.4 is 20.7 Å². The first-order valence-corrected chi connectivity index (χ1v) is 6.76. The van der Waals surface area contributed by atoms with Gasteiger partial charge in [-0.2, -0.15) is 0 Å². The summed E-state index contributed by atoms with van der Waals surface area (Å²) in [6, 6.07) is 3.69. The summed E-state index contributed by atoms with van der Waals surface area (Å²) in [5.74, 6) is 0.521. The lowest BCUT2D eigenvalue weighted by molar-refractivity contribution is -0.118. The number of nitrogen functional groups attached to an aromatic ring is 1. The highest BCUT2D eigenvalue weighted by atomic mass is 16.5. The molecule has 0 unspecified atom stereocenters. The van der Waals surface area contributed by atoms with Crippen molar-refractivity contribution in [3.63, 3.8) is 0 Å². The summed E-state index contributed by atoms with van der Waals surface area (Å²) in [5, 5.41) is 2.82. The number of hydrogen-bond acceptors (Lipinski definition) is 4. The number of fused-ring (bicyclic) bond motifs is 1. The Kier molecular flexibility index (Phi) is 4.14. The van der Waals surface area contributed by atoms with Crippen molar-refractivity contribution in [2.75, 3.05) is 35.6 Å². The number of carbonyl (C=O) groups is 1. The molecule has 1 heterocycles. The third-order valence-corrected chi connectivity index (χ3v) is 3.27. The molecular weight excluding hydrogens is 242 g/mol. The summed E-state index contributed by atoms with van der Waals surface area (Å²) in [4.78, 5) is 13.6. The zero-order chi connectivity index (χ0) is 13.8. The van der Waals surface area contributed by atoms with E-state index in [1.165, 1.54) is 0 Å². The standard InChI is InChI=1S/C14H21N3O2/c1-3-5-6-17(4-2)12-8-11-13(7-10(12)15)19-9-14(18)16-11/h7-8H,3-6,9,15H2,1-2H3,(H,16,18). The van der Waals surface area contributed by atoms with E-state index < -0.39 is 0 Å². The molecule has 0 spiro atoms. The van der Waals surface area contributed by atoms with Crippen LogP contribution in [0.2, 0.25) is 0 Å². The monoisotopic (exact) mass is 263 g/mol. The fraction of sp³-hybridized carbons (Fsp3) is 0.500. The average molecular weight is 263 g/mol. The number of ether oxygens (including phenoxy) is 1. The molecule has 5 heteroatoms. The van der Waals surface area contributed by atoms with E-state index in [1.54, 1.807) is 6.07 Å². The molecule has 0 aromatic heterocycles. The van der Waals surface area contributed by atoms with Gasteiger partial charge in [-0.05, 0) is 19.4 Å². The van der Waals surface area contributed by atoms with Crippen molar-refractivity contribution in [1.29, 1.82) is 0 Å². The molecule has 104 valence electrons. The van der Waals surface area contributed by atoms with Crippen molar-refractivity contribution >= 4 is 23.0 Å². The fourth-order valence-electron chi connectivity index (χ4n) is 2.20. The molecule has 2 rings (SSSR count). The smallest absolute Gasteiger partial charge is 0.262 e. The second-order valence-electron chi connectivity index (χ2n) is 4.68. The predicted octanol–water partition coefficient (Wildman–Crippen LogP) is 2.23. The van der Waals surface area contributed by atoms with Crippen molar-refractivity contribution in [2.24, 2.45) is 0 Å². The average Bonchev–Trinajstić information content (AvgIpc) is 2.40. The van der Waals surface area contributed by atoms with Crippen molar-refractivity contribution in [1.82, 2.24) is 0 Å². The number of rotatable bonds is 5. The van der Waals surface area contributed by atoms with Crippen LogP contribution in [0.15, 0.2) is 12.1 Å². The fourth-order valence-corrected chi connectivity index (χ4v) is 2.20. The number of benzene rings is 1. The molecule has 0 fully saturated rings. The molecule has 1 aliphatic rings. The first-order valence-electron chi connectivity index (χ1n) is 6.76. The summed E-state index contributed by atoms with van der Waals surface area (Å²) in [6.07, 6.45) is 2.26. The van der Waals surface area contributed by atoms with E-state index in [1.807, 2.05) is 6.07 Å². The molecule has 1 aromatic rings. The lowest BCUT2D eigenvalue weighted by atomic mass is 10.1. The number of nitrogens with zero attached hydrogens (tertiary/aromatic N) is 1. The Morgan fingerprint density at radius 2 is 2.21 bits per heavy atom. The van der Waals surface area contributed by atoms with Crippen LogP contribution in [0.25, 0.3) is 0 Å². The first-order chi connectivity index (χ1) is 9.15. The minimum atomic E-state index is -0.125.